The number of hydrogen-bond donors (Lipinski definition) is 2. The Morgan fingerprint density at radius 3 is 2.12 bits per heavy atom. The summed E-state index contributed by atoms with van der Waals surface area (Å²) in [6.45, 7) is 4.14. The Balaban J connectivity index is 1.82. The van der Waals surface area contributed by atoms with Crippen molar-refractivity contribution in [1.29, 1.82) is 0 Å². The van der Waals surface area contributed by atoms with Crippen LogP contribution in [0.5, 0.6) is 0 Å². The van der Waals surface area contributed by atoms with E-state index in [2.05, 4.69) is 10.6 Å². The molecule has 0 saturated carbocycles. The summed E-state index contributed by atoms with van der Waals surface area (Å²) < 4.78 is 0. The molecule has 0 bridgehead atoms. The highest BCUT2D eigenvalue weighted by Crippen LogP contribution is 2.12. The van der Waals surface area contributed by atoms with Crippen molar-refractivity contribution in [3.8, 4) is 0 Å². The Morgan fingerprint density at radius 1 is 0.958 bits per heavy atom. The molecule has 0 fully saturated rings. The molecule has 2 rings (SSSR count). The predicted octanol–water partition coefficient (Wildman–Crippen LogP) is 3.79. The highest BCUT2D eigenvalue weighted by Gasteiger charge is 2.07. The quantitative estimate of drug-likeness (QED) is 0.837. The van der Waals surface area contributed by atoms with Crippen LogP contribution in [0.3, 0.4) is 0 Å². The minimum absolute atomic E-state index is 0.0148. The van der Waals surface area contributed by atoms with Gasteiger partial charge in [-0.3, -0.25) is 9.59 Å². The Hall–Kier alpha value is -2.33. The molecule has 0 atom stereocenters. The predicted molar refractivity (Wildman–Crippen MR) is 96.9 cm³/mol. The molecule has 2 aromatic rings. The molecule has 0 saturated heterocycles. The van der Waals surface area contributed by atoms with Crippen LogP contribution < -0.4 is 10.6 Å². The fraction of sp³-hybridized carbons (Fsp3) is 0.263. The average molecular weight is 345 g/mol. The zero-order valence-corrected chi connectivity index (χ0v) is 14.6. The van der Waals surface area contributed by atoms with Crippen molar-refractivity contribution in [2.75, 3.05) is 5.32 Å². The second kappa shape index (κ2) is 8.50. The normalized spacial score (nSPS) is 10.5. The Morgan fingerprint density at radius 2 is 1.54 bits per heavy atom. The summed E-state index contributed by atoms with van der Waals surface area (Å²) in [4.78, 5) is 23.6. The molecule has 24 heavy (non-hydrogen) atoms. The lowest BCUT2D eigenvalue weighted by Gasteiger charge is -2.09. The van der Waals surface area contributed by atoms with E-state index in [1.165, 1.54) is 0 Å². The molecular weight excluding hydrogens is 324 g/mol. The van der Waals surface area contributed by atoms with Crippen LogP contribution in [-0.2, 0) is 22.6 Å². The van der Waals surface area contributed by atoms with E-state index in [0.717, 1.165) is 16.8 Å². The molecule has 0 heterocycles. The fourth-order valence-corrected chi connectivity index (χ4v) is 2.17. The van der Waals surface area contributed by atoms with Gasteiger partial charge in [0.1, 0.15) is 0 Å². The molecule has 0 unspecified atom stereocenters. The highest BCUT2D eigenvalue weighted by atomic mass is 35.5. The zero-order valence-electron chi connectivity index (χ0n) is 13.8. The van der Waals surface area contributed by atoms with Gasteiger partial charge in [-0.15, -0.1) is 0 Å². The van der Waals surface area contributed by atoms with Crippen LogP contribution >= 0.6 is 11.6 Å². The molecule has 2 N–H and O–H groups in total. The van der Waals surface area contributed by atoms with Crippen LogP contribution in [0.25, 0.3) is 0 Å². The van der Waals surface area contributed by atoms with Gasteiger partial charge >= 0.3 is 0 Å². The number of carbonyl (C=O) groups is 2. The van der Waals surface area contributed by atoms with Gasteiger partial charge in [-0.1, -0.05) is 49.7 Å². The third-order valence-corrected chi connectivity index (χ3v) is 3.77. The smallest absolute Gasteiger partial charge is 0.226 e. The van der Waals surface area contributed by atoms with E-state index in [4.69, 9.17) is 11.6 Å². The van der Waals surface area contributed by atoms with Crippen molar-refractivity contribution in [2.24, 2.45) is 5.92 Å². The summed E-state index contributed by atoms with van der Waals surface area (Å²) in [6, 6.07) is 14.7. The molecule has 0 aromatic heterocycles. The van der Waals surface area contributed by atoms with Crippen LogP contribution in [-0.4, -0.2) is 11.8 Å². The van der Waals surface area contributed by atoms with Crippen LogP contribution in [0, 0.1) is 5.92 Å². The molecule has 0 aliphatic rings. The van der Waals surface area contributed by atoms with Gasteiger partial charge in [0.2, 0.25) is 11.8 Å². The number of halogens is 1. The molecule has 0 aliphatic carbocycles. The molecule has 126 valence electrons. The third kappa shape index (κ3) is 5.70. The van der Waals surface area contributed by atoms with Crippen LogP contribution in [0.4, 0.5) is 5.69 Å². The third-order valence-electron chi connectivity index (χ3n) is 3.51. The maximum Gasteiger partial charge on any atom is 0.226 e. The summed E-state index contributed by atoms with van der Waals surface area (Å²) in [5.41, 5.74) is 2.65. The SMILES string of the molecule is CC(C)C(=O)Nc1ccc(CNC(=O)Cc2ccc(Cl)cc2)cc1. The number of rotatable bonds is 6. The number of anilines is 1. The summed E-state index contributed by atoms with van der Waals surface area (Å²) >= 11 is 5.82. The lowest BCUT2D eigenvalue weighted by atomic mass is 10.1. The first-order valence-electron chi connectivity index (χ1n) is 7.85. The summed E-state index contributed by atoms with van der Waals surface area (Å²) in [6.07, 6.45) is 0.319. The van der Waals surface area contributed by atoms with Crippen LogP contribution in [0.1, 0.15) is 25.0 Å². The van der Waals surface area contributed by atoms with E-state index in [1.54, 1.807) is 12.1 Å². The highest BCUT2D eigenvalue weighted by molar-refractivity contribution is 6.30. The molecular formula is C19H21ClN2O2. The van der Waals surface area contributed by atoms with Crippen molar-refractivity contribution in [3.05, 3.63) is 64.7 Å². The van der Waals surface area contributed by atoms with E-state index >= 15 is 0 Å². The lowest BCUT2D eigenvalue weighted by molar-refractivity contribution is -0.120. The molecule has 2 aromatic carbocycles. The van der Waals surface area contributed by atoms with E-state index in [1.807, 2.05) is 50.2 Å². The van der Waals surface area contributed by atoms with E-state index < -0.39 is 0 Å². The second-order valence-corrected chi connectivity index (χ2v) is 6.36. The number of nitrogens with one attached hydrogen (secondary N) is 2. The van der Waals surface area contributed by atoms with Crippen molar-refractivity contribution in [2.45, 2.75) is 26.8 Å². The first-order valence-corrected chi connectivity index (χ1v) is 8.23. The largest absolute Gasteiger partial charge is 0.352 e. The number of hydrogen-bond acceptors (Lipinski definition) is 2. The number of carbonyl (C=O) groups excluding carboxylic acids is 2. The van der Waals surface area contributed by atoms with Gasteiger partial charge in [-0.2, -0.15) is 0 Å². The molecule has 0 radical (unpaired) electrons. The fourth-order valence-electron chi connectivity index (χ4n) is 2.04. The van der Waals surface area contributed by atoms with Gasteiger partial charge in [0.05, 0.1) is 6.42 Å². The summed E-state index contributed by atoms with van der Waals surface area (Å²) in [5.74, 6) is -0.120. The van der Waals surface area contributed by atoms with E-state index in [0.29, 0.717) is 18.0 Å². The second-order valence-electron chi connectivity index (χ2n) is 5.92. The zero-order chi connectivity index (χ0) is 17.5. The van der Waals surface area contributed by atoms with Crippen molar-refractivity contribution in [1.82, 2.24) is 5.32 Å². The molecule has 0 spiro atoms. The molecule has 4 nitrogen and oxygen atoms in total. The molecule has 5 heteroatoms. The first-order chi connectivity index (χ1) is 11.4. The maximum atomic E-state index is 12.0. The Bertz CT molecular complexity index is 694. The van der Waals surface area contributed by atoms with Crippen molar-refractivity contribution >= 4 is 29.1 Å². The summed E-state index contributed by atoms with van der Waals surface area (Å²) in [5, 5.41) is 6.37. The van der Waals surface area contributed by atoms with Crippen LogP contribution in [0.15, 0.2) is 48.5 Å². The molecule has 2 amide bonds. The topological polar surface area (TPSA) is 58.2 Å². The van der Waals surface area contributed by atoms with Crippen LogP contribution in [0.2, 0.25) is 5.02 Å². The maximum absolute atomic E-state index is 12.0. The average Bonchev–Trinajstić information content (AvgIpc) is 2.56. The van der Waals surface area contributed by atoms with E-state index in [-0.39, 0.29) is 17.7 Å². The monoisotopic (exact) mass is 344 g/mol. The Labute approximate surface area is 147 Å². The standard InChI is InChI=1S/C19H21ClN2O2/c1-13(2)19(24)22-17-9-5-15(6-10-17)12-21-18(23)11-14-3-7-16(20)8-4-14/h3-10,13H,11-12H2,1-2H3,(H,21,23)(H,22,24). The Kier molecular flexibility index (Phi) is 6.38. The first kappa shape index (κ1) is 18.0. The van der Waals surface area contributed by atoms with E-state index in [9.17, 15) is 9.59 Å². The minimum Gasteiger partial charge on any atom is -0.352 e. The van der Waals surface area contributed by atoms with Gasteiger partial charge < -0.3 is 10.6 Å². The van der Waals surface area contributed by atoms with Crippen molar-refractivity contribution < 1.29 is 9.59 Å². The molecule has 0 aliphatic heterocycles. The van der Waals surface area contributed by atoms with Gasteiger partial charge in [0, 0.05) is 23.2 Å². The number of amides is 2. The van der Waals surface area contributed by atoms with Gasteiger partial charge in [0.25, 0.3) is 0 Å². The minimum atomic E-state index is -0.0585. The lowest BCUT2D eigenvalue weighted by Crippen LogP contribution is -2.24. The summed E-state index contributed by atoms with van der Waals surface area (Å²) in [7, 11) is 0. The van der Waals surface area contributed by atoms with Gasteiger partial charge in [-0.05, 0) is 35.4 Å². The number of benzene rings is 2. The van der Waals surface area contributed by atoms with Gasteiger partial charge in [-0.25, -0.2) is 0 Å². The van der Waals surface area contributed by atoms with Gasteiger partial charge in [0.15, 0.2) is 0 Å². The van der Waals surface area contributed by atoms with Crippen molar-refractivity contribution in [3.63, 3.8) is 0 Å².